The van der Waals surface area contributed by atoms with Crippen molar-refractivity contribution in [3.05, 3.63) is 40.2 Å². The molecule has 2 aromatic rings. The Morgan fingerprint density at radius 1 is 1.24 bits per heavy atom. The average Bonchev–Trinajstić information content (AvgIpc) is 2.49. The van der Waals surface area contributed by atoms with Crippen LogP contribution in [0.15, 0.2) is 33.5 Å². The van der Waals surface area contributed by atoms with E-state index in [1.54, 1.807) is 13.1 Å². The van der Waals surface area contributed by atoms with E-state index in [0.717, 1.165) is 10.9 Å². The van der Waals surface area contributed by atoms with Gasteiger partial charge in [-0.2, -0.15) is 0 Å². The first-order chi connectivity index (χ1) is 11.7. The molecule has 0 aliphatic heterocycles. The number of fused-ring (bicyclic) bond motifs is 1. The number of ether oxygens (including phenoxy) is 2. The maximum atomic E-state index is 11.9. The molecular formula is C19H25NO5. The molecular weight excluding hydrogens is 322 g/mol. The molecule has 0 spiro atoms. The first-order valence-electron chi connectivity index (χ1n) is 8.27. The third kappa shape index (κ3) is 5.52. The van der Waals surface area contributed by atoms with Crippen molar-refractivity contribution in [2.45, 2.75) is 39.7 Å². The molecule has 0 saturated carbocycles. The van der Waals surface area contributed by atoms with Gasteiger partial charge in [-0.15, -0.1) is 0 Å². The van der Waals surface area contributed by atoms with Gasteiger partial charge in [-0.25, -0.2) is 9.59 Å². The van der Waals surface area contributed by atoms with E-state index in [2.05, 4.69) is 0 Å². The molecule has 0 saturated heterocycles. The van der Waals surface area contributed by atoms with Gasteiger partial charge in [0.15, 0.2) is 0 Å². The molecule has 1 amide bonds. The minimum Gasteiger partial charge on any atom is -0.493 e. The number of nitrogens with zero attached hydrogens (tertiary/aromatic N) is 1. The highest BCUT2D eigenvalue weighted by Crippen LogP contribution is 2.22. The van der Waals surface area contributed by atoms with Crippen LogP contribution < -0.4 is 10.4 Å². The molecule has 0 radical (unpaired) electrons. The van der Waals surface area contributed by atoms with Gasteiger partial charge in [-0.05, 0) is 51.8 Å². The summed E-state index contributed by atoms with van der Waals surface area (Å²) in [5, 5.41) is 0.886. The van der Waals surface area contributed by atoms with Crippen molar-refractivity contribution < 1.29 is 18.7 Å². The molecule has 25 heavy (non-hydrogen) atoms. The highest BCUT2D eigenvalue weighted by Gasteiger charge is 2.19. The number of hydrogen-bond acceptors (Lipinski definition) is 5. The molecule has 0 fully saturated rings. The summed E-state index contributed by atoms with van der Waals surface area (Å²) in [5.74, 6) is 0.626. The lowest BCUT2D eigenvalue weighted by Crippen LogP contribution is -2.35. The smallest absolute Gasteiger partial charge is 0.410 e. The Hall–Kier alpha value is -2.50. The first-order valence-corrected chi connectivity index (χ1v) is 8.27. The Morgan fingerprint density at radius 2 is 1.96 bits per heavy atom. The van der Waals surface area contributed by atoms with E-state index in [-0.39, 0.29) is 11.7 Å². The molecule has 0 atom stereocenters. The van der Waals surface area contributed by atoms with E-state index in [0.29, 0.717) is 30.9 Å². The Morgan fingerprint density at radius 3 is 2.64 bits per heavy atom. The van der Waals surface area contributed by atoms with E-state index < -0.39 is 5.60 Å². The standard InChI is InChI=1S/C19H25NO5/c1-13-11-17(21)24-16-12-14(7-8-15(13)16)23-10-6-9-20(5)18(22)25-19(2,3)4/h7-8,11-12H,6,9-10H2,1-5H3. The van der Waals surface area contributed by atoms with Crippen LogP contribution in [0.4, 0.5) is 4.79 Å². The van der Waals surface area contributed by atoms with Crippen molar-refractivity contribution in [2.75, 3.05) is 20.2 Å². The minimum absolute atomic E-state index is 0.351. The van der Waals surface area contributed by atoms with Gasteiger partial charge in [-0.1, -0.05) is 0 Å². The summed E-state index contributed by atoms with van der Waals surface area (Å²) in [6.07, 6.45) is 0.307. The number of hydrogen-bond donors (Lipinski definition) is 0. The van der Waals surface area contributed by atoms with Gasteiger partial charge >= 0.3 is 11.7 Å². The lowest BCUT2D eigenvalue weighted by Gasteiger charge is -2.24. The maximum absolute atomic E-state index is 11.9. The summed E-state index contributed by atoms with van der Waals surface area (Å²) in [4.78, 5) is 24.8. The van der Waals surface area contributed by atoms with Gasteiger partial charge in [0, 0.05) is 31.1 Å². The molecule has 136 valence electrons. The van der Waals surface area contributed by atoms with E-state index >= 15 is 0 Å². The fourth-order valence-corrected chi connectivity index (χ4v) is 2.32. The third-order valence-electron chi connectivity index (χ3n) is 3.53. The third-order valence-corrected chi connectivity index (χ3v) is 3.53. The van der Waals surface area contributed by atoms with E-state index in [1.807, 2.05) is 39.8 Å². The number of carbonyl (C=O) groups excluding carboxylic acids is 1. The molecule has 1 aromatic carbocycles. The zero-order valence-corrected chi connectivity index (χ0v) is 15.4. The normalized spacial score (nSPS) is 11.4. The molecule has 6 heteroatoms. The van der Waals surface area contributed by atoms with Gasteiger partial charge in [-0.3, -0.25) is 0 Å². The summed E-state index contributed by atoms with van der Waals surface area (Å²) < 4.78 is 16.2. The van der Waals surface area contributed by atoms with Crippen LogP contribution in [0.5, 0.6) is 5.75 Å². The van der Waals surface area contributed by atoms with Crippen molar-refractivity contribution in [2.24, 2.45) is 0 Å². The first kappa shape index (κ1) is 18.8. The number of carbonyl (C=O) groups is 1. The highest BCUT2D eigenvalue weighted by molar-refractivity contribution is 5.81. The Bertz CT molecular complexity index is 804. The fourth-order valence-electron chi connectivity index (χ4n) is 2.32. The summed E-state index contributed by atoms with van der Waals surface area (Å²) >= 11 is 0. The van der Waals surface area contributed by atoms with Crippen molar-refractivity contribution in [3.63, 3.8) is 0 Å². The number of amides is 1. The minimum atomic E-state index is -0.505. The van der Waals surface area contributed by atoms with E-state index in [9.17, 15) is 9.59 Å². The number of aryl methyl sites for hydroxylation is 1. The van der Waals surface area contributed by atoms with Crippen LogP contribution >= 0.6 is 0 Å². The molecule has 0 bridgehead atoms. The van der Waals surface area contributed by atoms with Gasteiger partial charge in [0.1, 0.15) is 16.9 Å². The summed E-state index contributed by atoms with van der Waals surface area (Å²) in [5.41, 5.74) is 0.501. The van der Waals surface area contributed by atoms with Gasteiger partial charge in [0.2, 0.25) is 0 Å². The average molecular weight is 347 g/mol. The van der Waals surface area contributed by atoms with Crippen molar-refractivity contribution in [1.29, 1.82) is 0 Å². The lowest BCUT2D eigenvalue weighted by atomic mass is 10.1. The van der Waals surface area contributed by atoms with Crippen LogP contribution in [0.2, 0.25) is 0 Å². The molecule has 2 rings (SSSR count). The second kappa shape index (κ2) is 7.59. The lowest BCUT2D eigenvalue weighted by molar-refractivity contribution is 0.0292. The maximum Gasteiger partial charge on any atom is 0.410 e. The summed E-state index contributed by atoms with van der Waals surface area (Å²) in [7, 11) is 1.70. The molecule has 6 nitrogen and oxygen atoms in total. The van der Waals surface area contributed by atoms with Crippen molar-refractivity contribution >= 4 is 17.1 Å². The van der Waals surface area contributed by atoms with E-state index in [4.69, 9.17) is 13.9 Å². The monoisotopic (exact) mass is 347 g/mol. The van der Waals surface area contributed by atoms with Crippen molar-refractivity contribution in [1.82, 2.24) is 4.90 Å². The molecule has 1 heterocycles. The number of rotatable bonds is 5. The van der Waals surface area contributed by atoms with Crippen molar-refractivity contribution in [3.8, 4) is 5.75 Å². The molecule has 0 aliphatic rings. The van der Waals surface area contributed by atoms with Crippen LogP contribution in [0, 0.1) is 6.92 Å². The molecule has 0 N–H and O–H groups in total. The zero-order chi connectivity index (χ0) is 18.6. The second-order valence-corrected chi connectivity index (χ2v) is 7.01. The molecule has 0 aliphatic carbocycles. The topological polar surface area (TPSA) is 69.0 Å². The van der Waals surface area contributed by atoms with Crippen LogP contribution in [0.1, 0.15) is 32.8 Å². The predicted octanol–water partition coefficient (Wildman–Crippen LogP) is 3.74. The number of benzene rings is 1. The van der Waals surface area contributed by atoms with Crippen LogP contribution in [-0.2, 0) is 4.74 Å². The predicted molar refractivity (Wildman–Crippen MR) is 96.2 cm³/mol. The van der Waals surface area contributed by atoms with E-state index in [1.165, 1.54) is 11.0 Å². The van der Waals surface area contributed by atoms with Crippen LogP contribution in [0.25, 0.3) is 11.0 Å². The highest BCUT2D eigenvalue weighted by atomic mass is 16.6. The summed E-state index contributed by atoms with van der Waals surface area (Å²) in [6, 6.07) is 6.89. The molecule has 0 unspecified atom stereocenters. The van der Waals surface area contributed by atoms with Crippen LogP contribution in [-0.4, -0.2) is 36.8 Å². The Kier molecular flexibility index (Phi) is 5.72. The van der Waals surface area contributed by atoms with Crippen LogP contribution in [0.3, 0.4) is 0 Å². The molecule has 1 aromatic heterocycles. The SMILES string of the molecule is Cc1cc(=O)oc2cc(OCCCN(C)C(=O)OC(C)(C)C)ccc12. The summed E-state index contributed by atoms with van der Waals surface area (Å²) in [6.45, 7) is 8.34. The Labute approximate surface area is 147 Å². The Balaban J connectivity index is 1.87. The second-order valence-electron chi connectivity index (χ2n) is 7.01. The quantitative estimate of drug-likeness (QED) is 0.609. The zero-order valence-electron chi connectivity index (χ0n) is 15.4. The van der Waals surface area contributed by atoms with Gasteiger partial charge in [0.05, 0.1) is 6.61 Å². The van der Waals surface area contributed by atoms with Gasteiger partial charge in [0.25, 0.3) is 0 Å². The largest absolute Gasteiger partial charge is 0.493 e. The van der Waals surface area contributed by atoms with Gasteiger partial charge < -0.3 is 18.8 Å². The fraction of sp³-hybridized carbons (Fsp3) is 0.474.